The predicted molar refractivity (Wildman–Crippen MR) is 59.7 cm³/mol. The zero-order valence-electron chi connectivity index (χ0n) is 9.43. The van der Waals surface area contributed by atoms with Crippen molar-refractivity contribution in [1.82, 2.24) is 0 Å². The zero-order chi connectivity index (χ0) is 10.8. The van der Waals surface area contributed by atoms with Crippen LogP contribution in [-0.4, -0.2) is 25.8 Å². The topological polar surface area (TPSA) is 27.7 Å². The molecule has 3 atom stereocenters. The Bertz CT molecular complexity index is 302. The summed E-state index contributed by atoms with van der Waals surface area (Å²) in [5, 5.41) is 0. The molecule has 0 aromatic heterocycles. The van der Waals surface area contributed by atoms with Crippen LogP contribution in [0.5, 0.6) is 0 Å². The number of rotatable bonds is 2. The fraction of sp³-hybridized carbons (Fsp3) is 0.692. The Balaban J connectivity index is 1.61. The van der Waals surface area contributed by atoms with E-state index >= 15 is 0 Å². The summed E-state index contributed by atoms with van der Waals surface area (Å²) in [6.45, 7) is 1.60. The van der Waals surface area contributed by atoms with Crippen molar-refractivity contribution >= 4 is 0 Å². The molecule has 0 spiro atoms. The SMILES string of the molecule is C1=CC2CCOC(OC3CCCCO3)C2=C1. The van der Waals surface area contributed by atoms with Crippen molar-refractivity contribution in [1.29, 1.82) is 0 Å². The van der Waals surface area contributed by atoms with Crippen LogP contribution in [0.4, 0.5) is 0 Å². The van der Waals surface area contributed by atoms with Crippen LogP contribution in [0, 0.1) is 5.92 Å². The van der Waals surface area contributed by atoms with Crippen LogP contribution in [-0.2, 0) is 14.2 Å². The maximum absolute atomic E-state index is 5.89. The second-order valence-corrected chi connectivity index (χ2v) is 4.58. The van der Waals surface area contributed by atoms with Crippen LogP contribution >= 0.6 is 0 Å². The molecule has 2 aliphatic heterocycles. The molecule has 0 aromatic rings. The Morgan fingerprint density at radius 1 is 1.12 bits per heavy atom. The van der Waals surface area contributed by atoms with E-state index in [1.807, 2.05) is 0 Å². The first-order chi connectivity index (χ1) is 7.93. The minimum Gasteiger partial charge on any atom is -0.353 e. The van der Waals surface area contributed by atoms with Crippen molar-refractivity contribution in [2.24, 2.45) is 5.92 Å². The first-order valence-corrected chi connectivity index (χ1v) is 6.20. The van der Waals surface area contributed by atoms with Gasteiger partial charge in [0.15, 0.2) is 12.6 Å². The van der Waals surface area contributed by atoms with E-state index in [0.29, 0.717) is 5.92 Å². The van der Waals surface area contributed by atoms with Crippen molar-refractivity contribution < 1.29 is 14.2 Å². The second kappa shape index (κ2) is 4.70. The van der Waals surface area contributed by atoms with Crippen molar-refractivity contribution in [3.8, 4) is 0 Å². The van der Waals surface area contributed by atoms with E-state index in [0.717, 1.165) is 32.5 Å². The van der Waals surface area contributed by atoms with Gasteiger partial charge < -0.3 is 14.2 Å². The highest BCUT2D eigenvalue weighted by Gasteiger charge is 2.31. The lowest BCUT2D eigenvalue weighted by atomic mass is 9.97. The molecule has 0 radical (unpaired) electrons. The van der Waals surface area contributed by atoms with E-state index in [2.05, 4.69) is 18.2 Å². The average Bonchev–Trinajstić information content (AvgIpc) is 2.80. The maximum atomic E-state index is 5.89. The van der Waals surface area contributed by atoms with E-state index in [4.69, 9.17) is 14.2 Å². The molecule has 0 aromatic carbocycles. The summed E-state index contributed by atoms with van der Waals surface area (Å²) < 4.78 is 17.2. The van der Waals surface area contributed by atoms with Gasteiger partial charge in [0, 0.05) is 12.5 Å². The van der Waals surface area contributed by atoms with Gasteiger partial charge >= 0.3 is 0 Å². The summed E-state index contributed by atoms with van der Waals surface area (Å²) in [5.74, 6) is 0.530. The fourth-order valence-corrected chi connectivity index (χ4v) is 2.52. The van der Waals surface area contributed by atoms with E-state index in [1.165, 1.54) is 12.0 Å². The lowest BCUT2D eigenvalue weighted by Crippen LogP contribution is -2.35. The van der Waals surface area contributed by atoms with Gasteiger partial charge in [-0.1, -0.05) is 18.2 Å². The lowest BCUT2D eigenvalue weighted by molar-refractivity contribution is -0.249. The molecule has 0 saturated carbocycles. The molecule has 16 heavy (non-hydrogen) atoms. The Kier molecular flexibility index (Phi) is 3.09. The van der Waals surface area contributed by atoms with Crippen LogP contribution in [0.15, 0.2) is 23.8 Å². The van der Waals surface area contributed by atoms with Gasteiger partial charge in [0.2, 0.25) is 0 Å². The van der Waals surface area contributed by atoms with Crippen LogP contribution in [0.25, 0.3) is 0 Å². The minimum atomic E-state index is -0.183. The van der Waals surface area contributed by atoms with Gasteiger partial charge in [-0.2, -0.15) is 0 Å². The second-order valence-electron chi connectivity index (χ2n) is 4.58. The standard InChI is InChI=1S/C13H18O3/c1-2-8-14-12(6-1)16-13-11-5-3-4-10(11)7-9-15-13/h3-5,10,12-13H,1-2,6-9H2. The van der Waals surface area contributed by atoms with Gasteiger partial charge in [0.05, 0.1) is 6.61 Å². The van der Waals surface area contributed by atoms with Crippen LogP contribution in [0.2, 0.25) is 0 Å². The number of ether oxygens (including phenoxy) is 3. The minimum absolute atomic E-state index is 0.0704. The van der Waals surface area contributed by atoms with Crippen LogP contribution < -0.4 is 0 Å². The van der Waals surface area contributed by atoms with Crippen LogP contribution in [0.3, 0.4) is 0 Å². The molecule has 3 unspecified atom stereocenters. The summed E-state index contributed by atoms with van der Waals surface area (Å²) in [5.41, 5.74) is 1.26. The van der Waals surface area contributed by atoms with Gasteiger partial charge in [-0.3, -0.25) is 0 Å². The molecule has 0 bridgehead atoms. The molecule has 3 rings (SSSR count). The van der Waals surface area contributed by atoms with E-state index in [9.17, 15) is 0 Å². The number of allylic oxidation sites excluding steroid dienone is 3. The third-order valence-corrected chi connectivity index (χ3v) is 3.44. The van der Waals surface area contributed by atoms with Crippen molar-refractivity contribution in [3.05, 3.63) is 23.8 Å². The molecule has 3 nitrogen and oxygen atoms in total. The smallest absolute Gasteiger partial charge is 0.183 e. The summed E-state index contributed by atoms with van der Waals surface area (Å²) in [7, 11) is 0. The number of hydrogen-bond donors (Lipinski definition) is 0. The van der Waals surface area contributed by atoms with Crippen molar-refractivity contribution in [2.45, 2.75) is 38.3 Å². The summed E-state index contributed by atoms with van der Waals surface area (Å²) in [4.78, 5) is 0. The molecule has 3 heteroatoms. The van der Waals surface area contributed by atoms with E-state index in [1.54, 1.807) is 0 Å². The third kappa shape index (κ3) is 2.08. The average molecular weight is 222 g/mol. The largest absolute Gasteiger partial charge is 0.353 e. The quantitative estimate of drug-likeness (QED) is 0.718. The van der Waals surface area contributed by atoms with Gasteiger partial charge in [-0.25, -0.2) is 0 Å². The molecule has 2 fully saturated rings. The Hall–Kier alpha value is -0.640. The lowest BCUT2D eigenvalue weighted by Gasteiger charge is -2.33. The molecule has 3 aliphatic rings. The summed E-state index contributed by atoms with van der Waals surface area (Å²) in [6, 6.07) is 0. The first-order valence-electron chi connectivity index (χ1n) is 6.20. The molecular weight excluding hydrogens is 204 g/mol. The normalized spacial score (nSPS) is 38.2. The molecular formula is C13H18O3. The fourth-order valence-electron chi connectivity index (χ4n) is 2.52. The number of hydrogen-bond acceptors (Lipinski definition) is 3. The van der Waals surface area contributed by atoms with E-state index < -0.39 is 0 Å². The zero-order valence-corrected chi connectivity index (χ0v) is 9.43. The Labute approximate surface area is 96.1 Å². The molecule has 2 heterocycles. The van der Waals surface area contributed by atoms with E-state index in [-0.39, 0.29) is 12.6 Å². The Morgan fingerprint density at radius 2 is 2.12 bits per heavy atom. The molecule has 1 aliphatic carbocycles. The van der Waals surface area contributed by atoms with Gasteiger partial charge in [-0.15, -0.1) is 0 Å². The highest BCUT2D eigenvalue weighted by molar-refractivity contribution is 5.30. The van der Waals surface area contributed by atoms with Crippen LogP contribution in [0.1, 0.15) is 25.7 Å². The van der Waals surface area contributed by atoms with Gasteiger partial charge in [0.1, 0.15) is 0 Å². The van der Waals surface area contributed by atoms with Crippen molar-refractivity contribution in [3.63, 3.8) is 0 Å². The highest BCUT2D eigenvalue weighted by Crippen LogP contribution is 2.33. The first kappa shape index (κ1) is 10.5. The Morgan fingerprint density at radius 3 is 3.00 bits per heavy atom. The summed E-state index contributed by atoms with van der Waals surface area (Å²) in [6.07, 6.45) is 10.6. The van der Waals surface area contributed by atoms with Gasteiger partial charge in [-0.05, 0) is 31.3 Å². The number of fused-ring (bicyclic) bond motifs is 1. The van der Waals surface area contributed by atoms with Gasteiger partial charge in [0.25, 0.3) is 0 Å². The monoisotopic (exact) mass is 222 g/mol. The molecule has 2 saturated heterocycles. The maximum Gasteiger partial charge on any atom is 0.183 e. The predicted octanol–water partition coefficient (Wildman–Crippen LogP) is 2.39. The highest BCUT2D eigenvalue weighted by atomic mass is 16.8. The molecule has 0 amide bonds. The summed E-state index contributed by atoms with van der Waals surface area (Å²) >= 11 is 0. The van der Waals surface area contributed by atoms with Crippen molar-refractivity contribution in [2.75, 3.05) is 13.2 Å². The molecule has 0 N–H and O–H groups in total. The molecule has 88 valence electrons. The third-order valence-electron chi connectivity index (χ3n) is 3.44.